The summed E-state index contributed by atoms with van der Waals surface area (Å²) in [6, 6.07) is 16.5. The number of hydrogen-bond acceptors (Lipinski definition) is 6. The van der Waals surface area contributed by atoms with Crippen molar-refractivity contribution in [2.75, 3.05) is 31.7 Å². The van der Waals surface area contributed by atoms with Crippen molar-refractivity contribution in [2.24, 2.45) is 5.10 Å². The number of hydrogen-bond donors (Lipinski definition) is 1. The van der Waals surface area contributed by atoms with Crippen LogP contribution in [0.1, 0.15) is 17.0 Å². The van der Waals surface area contributed by atoms with Crippen LogP contribution >= 0.6 is 11.6 Å². The van der Waals surface area contributed by atoms with E-state index in [1.165, 1.54) is 4.31 Å². The molecule has 1 aliphatic heterocycles. The number of rotatable bonds is 6. The van der Waals surface area contributed by atoms with Crippen molar-refractivity contribution in [3.8, 4) is 5.69 Å². The van der Waals surface area contributed by atoms with Crippen LogP contribution in [0.3, 0.4) is 0 Å². The van der Waals surface area contributed by atoms with Crippen LogP contribution < -0.4 is 5.43 Å². The lowest BCUT2D eigenvalue weighted by molar-refractivity contribution is 0.0730. The molecule has 8 nitrogen and oxygen atoms in total. The fourth-order valence-corrected chi connectivity index (χ4v) is 6.04. The molecule has 1 fully saturated rings. The third-order valence-corrected chi connectivity index (χ3v) is 8.38. The quantitative estimate of drug-likeness (QED) is 0.291. The molecular formula is C26H26ClN5O3S. The van der Waals surface area contributed by atoms with Crippen molar-refractivity contribution in [3.63, 3.8) is 0 Å². The first kappa shape index (κ1) is 24.5. The highest BCUT2D eigenvalue weighted by molar-refractivity contribution is 7.89. The molecule has 0 amide bonds. The molecule has 1 saturated heterocycles. The first-order valence-electron chi connectivity index (χ1n) is 11.6. The van der Waals surface area contributed by atoms with Gasteiger partial charge in [-0.25, -0.2) is 8.42 Å². The van der Waals surface area contributed by atoms with Gasteiger partial charge in [-0.05, 0) is 62.4 Å². The van der Waals surface area contributed by atoms with Gasteiger partial charge in [0.2, 0.25) is 10.0 Å². The van der Waals surface area contributed by atoms with E-state index in [0.29, 0.717) is 31.3 Å². The summed E-state index contributed by atoms with van der Waals surface area (Å²) in [5.41, 5.74) is 8.33. The third-order valence-electron chi connectivity index (χ3n) is 6.25. The van der Waals surface area contributed by atoms with Crippen LogP contribution in [0.25, 0.3) is 16.6 Å². The van der Waals surface area contributed by atoms with Crippen LogP contribution in [0.4, 0.5) is 5.69 Å². The summed E-state index contributed by atoms with van der Waals surface area (Å²) in [4.78, 5) is 4.63. The number of anilines is 1. The molecule has 0 spiro atoms. The van der Waals surface area contributed by atoms with E-state index < -0.39 is 10.0 Å². The van der Waals surface area contributed by atoms with Gasteiger partial charge in [-0.15, -0.1) is 0 Å². The summed E-state index contributed by atoms with van der Waals surface area (Å²) >= 11 is 6.08. The third kappa shape index (κ3) is 4.75. The highest BCUT2D eigenvalue weighted by Gasteiger charge is 2.26. The maximum absolute atomic E-state index is 13.2. The molecule has 0 radical (unpaired) electrons. The lowest BCUT2D eigenvalue weighted by Crippen LogP contribution is -2.40. The number of aryl methyl sites for hydroxylation is 1. The summed E-state index contributed by atoms with van der Waals surface area (Å²) in [6.45, 7) is 5.52. The molecule has 0 unspecified atom stereocenters. The lowest BCUT2D eigenvalue weighted by Gasteiger charge is -2.26. The number of benzene rings is 2. The van der Waals surface area contributed by atoms with E-state index in [-0.39, 0.29) is 4.90 Å². The van der Waals surface area contributed by atoms with Gasteiger partial charge in [0.15, 0.2) is 0 Å². The van der Waals surface area contributed by atoms with Gasteiger partial charge in [-0.1, -0.05) is 17.7 Å². The van der Waals surface area contributed by atoms with Gasteiger partial charge in [0, 0.05) is 52.3 Å². The molecular weight excluding hydrogens is 498 g/mol. The smallest absolute Gasteiger partial charge is 0.243 e. The number of morpholine rings is 1. The van der Waals surface area contributed by atoms with Crippen molar-refractivity contribution in [3.05, 3.63) is 82.8 Å². The summed E-state index contributed by atoms with van der Waals surface area (Å²) in [5.74, 6) is 0. The number of fused-ring (bicyclic) bond motifs is 1. The average molecular weight is 524 g/mol. The molecule has 5 rings (SSSR count). The molecule has 0 atom stereocenters. The van der Waals surface area contributed by atoms with E-state index in [4.69, 9.17) is 16.3 Å². The largest absolute Gasteiger partial charge is 0.379 e. The molecule has 36 heavy (non-hydrogen) atoms. The zero-order valence-electron chi connectivity index (χ0n) is 20.0. The van der Waals surface area contributed by atoms with E-state index in [1.54, 1.807) is 30.6 Å². The molecule has 2 aromatic heterocycles. The maximum atomic E-state index is 13.2. The Kier molecular flexibility index (Phi) is 6.81. The topological polar surface area (TPSA) is 88.8 Å². The second kappa shape index (κ2) is 10.0. The molecule has 0 aliphatic carbocycles. The molecule has 0 saturated carbocycles. The minimum Gasteiger partial charge on any atom is -0.379 e. The fourth-order valence-electron chi connectivity index (χ4n) is 4.42. The number of pyridine rings is 1. The summed E-state index contributed by atoms with van der Waals surface area (Å²) in [6.07, 6.45) is 3.47. The summed E-state index contributed by atoms with van der Waals surface area (Å²) in [5, 5.41) is 6.00. The van der Waals surface area contributed by atoms with Crippen molar-refractivity contribution < 1.29 is 13.2 Å². The van der Waals surface area contributed by atoms with E-state index in [1.807, 2.05) is 54.8 Å². The number of aromatic nitrogens is 2. The van der Waals surface area contributed by atoms with Gasteiger partial charge in [0.1, 0.15) is 0 Å². The van der Waals surface area contributed by atoms with E-state index in [9.17, 15) is 8.42 Å². The van der Waals surface area contributed by atoms with Crippen LogP contribution in [0.5, 0.6) is 0 Å². The molecule has 0 bridgehead atoms. The van der Waals surface area contributed by atoms with Crippen molar-refractivity contribution in [1.29, 1.82) is 0 Å². The van der Waals surface area contributed by atoms with Crippen LogP contribution in [-0.4, -0.2) is 54.8 Å². The van der Waals surface area contributed by atoms with Crippen molar-refractivity contribution >= 4 is 44.4 Å². The molecule has 4 aromatic rings. The van der Waals surface area contributed by atoms with E-state index >= 15 is 0 Å². The summed E-state index contributed by atoms with van der Waals surface area (Å²) in [7, 11) is -3.59. The maximum Gasteiger partial charge on any atom is 0.243 e. The van der Waals surface area contributed by atoms with Crippen molar-refractivity contribution in [2.45, 2.75) is 18.7 Å². The van der Waals surface area contributed by atoms with E-state index in [2.05, 4.69) is 15.5 Å². The zero-order chi connectivity index (χ0) is 25.3. The van der Waals surface area contributed by atoms with Gasteiger partial charge in [0.05, 0.1) is 35.5 Å². The summed E-state index contributed by atoms with van der Waals surface area (Å²) < 4.78 is 35.1. The molecule has 1 N–H and O–H groups in total. The van der Waals surface area contributed by atoms with Gasteiger partial charge >= 0.3 is 0 Å². The standard InChI is InChI=1S/C26H26ClN5O3S/c1-18-14-20(17-29-30-25-8-9-28-26-15-21(27)6-7-24(25)26)19(2)32(18)22-4-3-5-23(16-22)36(33,34)31-10-12-35-13-11-31/h3-9,14-17H,10-13H2,1-2H3,(H,28,30)/b29-17+. The normalized spacial score (nSPS) is 15.1. The van der Waals surface area contributed by atoms with Gasteiger partial charge in [0.25, 0.3) is 0 Å². The van der Waals surface area contributed by atoms with Gasteiger partial charge in [-0.2, -0.15) is 9.41 Å². The van der Waals surface area contributed by atoms with Gasteiger partial charge in [-0.3, -0.25) is 10.4 Å². The Morgan fingerprint density at radius 1 is 1.08 bits per heavy atom. The number of sulfonamides is 1. The Balaban J connectivity index is 1.41. The number of nitrogens with one attached hydrogen (secondary N) is 1. The van der Waals surface area contributed by atoms with Gasteiger partial charge < -0.3 is 9.30 Å². The zero-order valence-corrected chi connectivity index (χ0v) is 21.6. The molecule has 186 valence electrons. The Hall–Kier alpha value is -3.24. The molecule has 1 aliphatic rings. The highest BCUT2D eigenvalue weighted by Crippen LogP contribution is 2.26. The Morgan fingerprint density at radius 2 is 1.89 bits per heavy atom. The van der Waals surface area contributed by atoms with Crippen molar-refractivity contribution in [1.82, 2.24) is 13.9 Å². The number of ether oxygens (including phenoxy) is 1. The number of hydrazone groups is 1. The van der Waals surface area contributed by atoms with Crippen LogP contribution in [0.15, 0.2) is 70.8 Å². The minimum absolute atomic E-state index is 0.274. The molecule has 10 heteroatoms. The lowest BCUT2D eigenvalue weighted by atomic mass is 10.2. The molecule has 2 aromatic carbocycles. The van der Waals surface area contributed by atoms with Crippen LogP contribution in [0, 0.1) is 13.8 Å². The second-order valence-corrected chi connectivity index (χ2v) is 10.9. The fraction of sp³-hybridized carbons (Fsp3) is 0.231. The van der Waals surface area contributed by atoms with Crippen LogP contribution in [0.2, 0.25) is 5.02 Å². The Morgan fingerprint density at radius 3 is 2.69 bits per heavy atom. The predicted molar refractivity (Wildman–Crippen MR) is 143 cm³/mol. The van der Waals surface area contributed by atoms with Crippen LogP contribution in [-0.2, 0) is 14.8 Å². The Bertz CT molecular complexity index is 1560. The highest BCUT2D eigenvalue weighted by atomic mass is 35.5. The first-order valence-corrected chi connectivity index (χ1v) is 13.4. The number of nitrogens with zero attached hydrogens (tertiary/aromatic N) is 4. The first-order chi connectivity index (χ1) is 17.3. The molecule has 3 heterocycles. The minimum atomic E-state index is -3.59. The second-order valence-electron chi connectivity index (χ2n) is 8.57. The van der Waals surface area contributed by atoms with E-state index in [0.717, 1.165) is 39.2 Å². The number of halogens is 1. The Labute approximate surface area is 215 Å². The monoisotopic (exact) mass is 523 g/mol. The average Bonchev–Trinajstić information content (AvgIpc) is 3.17. The predicted octanol–water partition coefficient (Wildman–Crippen LogP) is 4.76. The SMILES string of the molecule is Cc1cc(/C=N/Nc2ccnc3cc(Cl)ccc23)c(C)n1-c1cccc(S(=O)(=O)N2CCOCC2)c1.